The summed E-state index contributed by atoms with van der Waals surface area (Å²) in [6.07, 6.45) is 1.40. The third-order valence-corrected chi connectivity index (χ3v) is 1.72. The molecule has 0 aromatic carbocycles. The van der Waals surface area contributed by atoms with Gasteiger partial charge in [-0.15, -0.1) is 0 Å². The quantitative estimate of drug-likeness (QED) is 0.338. The van der Waals surface area contributed by atoms with Gasteiger partial charge in [0.15, 0.2) is 0 Å². The van der Waals surface area contributed by atoms with Crippen LogP contribution in [0.5, 0.6) is 5.88 Å². The van der Waals surface area contributed by atoms with Gasteiger partial charge < -0.3 is 5.11 Å². The molecule has 0 aliphatic carbocycles. The minimum absolute atomic E-state index is 0.310. The molecule has 0 saturated heterocycles. The molecular formula is C6H7BN2O3. The molecule has 0 bridgehead atoms. The van der Waals surface area contributed by atoms with Crippen molar-refractivity contribution < 1.29 is 10.0 Å². The van der Waals surface area contributed by atoms with Gasteiger partial charge in [0.25, 0.3) is 5.88 Å². The van der Waals surface area contributed by atoms with Crippen LogP contribution in [0.25, 0.3) is 0 Å². The molecule has 6 heteroatoms. The van der Waals surface area contributed by atoms with Crippen LogP contribution in [0, 0.1) is 17.0 Å². The molecule has 0 aliphatic rings. The predicted molar refractivity (Wildman–Crippen MR) is 45.5 cm³/mol. The molecule has 1 aromatic rings. The first-order valence-corrected chi connectivity index (χ1v) is 3.33. The summed E-state index contributed by atoms with van der Waals surface area (Å²) >= 11 is 0. The zero-order valence-electron chi connectivity index (χ0n) is 6.74. The predicted octanol–water partition coefficient (Wildman–Crippen LogP) is -0.738. The summed E-state index contributed by atoms with van der Waals surface area (Å²) in [5.74, 6) is -0.525. The van der Waals surface area contributed by atoms with Crippen LogP contribution in [0.1, 0.15) is 5.56 Å². The maximum Gasteiger partial charge on any atom is 0.333 e. The van der Waals surface area contributed by atoms with Crippen molar-refractivity contribution in [2.75, 3.05) is 0 Å². The van der Waals surface area contributed by atoms with E-state index >= 15 is 0 Å². The average molecular weight is 166 g/mol. The second kappa shape index (κ2) is 2.81. The van der Waals surface area contributed by atoms with Crippen molar-refractivity contribution in [2.24, 2.45) is 0 Å². The highest BCUT2D eigenvalue weighted by Gasteiger charge is 2.19. The first kappa shape index (κ1) is 8.51. The number of aromatic hydroxyl groups is 1. The van der Waals surface area contributed by atoms with Gasteiger partial charge in [0.05, 0.1) is 4.92 Å². The Hall–Kier alpha value is -1.59. The molecule has 0 saturated carbocycles. The van der Waals surface area contributed by atoms with Gasteiger partial charge in [-0.2, -0.15) is 0 Å². The van der Waals surface area contributed by atoms with Crippen LogP contribution in [-0.4, -0.2) is 22.9 Å². The molecule has 1 rings (SSSR count). The molecule has 0 atom stereocenters. The van der Waals surface area contributed by atoms with Crippen LogP contribution in [-0.2, 0) is 0 Å². The van der Waals surface area contributed by atoms with Crippen molar-refractivity contribution in [2.45, 2.75) is 6.92 Å². The topological polar surface area (TPSA) is 76.3 Å². The van der Waals surface area contributed by atoms with E-state index < -0.39 is 10.8 Å². The van der Waals surface area contributed by atoms with E-state index in [0.29, 0.717) is 11.0 Å². The van der Waals surface area contributed by atoms with E-state index in [1.165, 1.54) is 6.20 Å². The second-order valence-corrected chi connectivity index (χ2v) is 2.50. The minimum atomic E-state index is -0.634. The molecule has 0 amide bonds. The van der Waals surface area contributed by atoms with Gasteiger partial charge in [-0.3, -0.25) is 10.1 Å². The summed E-state index contributed by atoms with van der Waals surface area (Å²) in [6, 6.07) is 0. The van der Waals surface area contributed by atoms with Crippen LogP contribution in [0.2, 0.25) is 0 Å². The largest absolute Gasteiger partial charge is 0.488 e. The Morgan fingerprint density at radius 1 is 1.75 bits per heavy atom. The number of hydrogen-bond acceptors (Lipinski definition) is 4. The summed E-state index contributed by atoms with van der Waals surface area (Å²) in [5.41, 5.74) is 0.835. The summed E-state index contributed by atoms with van der Waals surface area (Å²) in [5, 5.41) is 19.4. The van der Waals surface area contributed by atoms with E-state index in [1.54, 1.807) is 14.8 Å². The molecule has 0 fully saturated rings. The number of nitrogens with zero attached hydrogens (tertiary/aromatic N) is 2. The van der Waals surface area contributed by atoms with E-state index in [4.69, 9.17) is 5.11 Å². The molecule has 62 valence electrons. The summed E-state index contributed by atoms with van der Waals surface area (Å²) in [4.78, 5) is 13.2. The number of pyridine rings is 1. The number of rotatable bonds is 1. The first-order chi connectivity index (χ1) is 5.54. The first-order valence-electron chi connectivity index (χ1n) is 3.33. The fourth-order valence-corrected chi connectivity index (χ4v) is 0.889. The van der Waals surface area contributed by atoms with Crippen molar-refractivity contribution in [1.29, 1.82) is 0 Å². The van der Waals surface area contributed by atoms with Crippen LogP contribution < -0.4 is 5.46 Å². The van der Waals surface area contributed by atoms with Crippen LogP contribution >= 0.6 is 0 Å². The van der Waals surface area contributed by atoms with Crippen molar-refractivity contribution in [3.63, 3.8) is 0 Å². The number of hydrogen-bond donors (Lipinski definition) is 1. The maximum absolute atomic E-state index is 10.4. The van der Waals surface area contributed by atoms with Crippen LogP contribution in [0.4, 0.5) is 5.69 Å². The minimum Gasteiger partial charge on any atom is -0.488 e. The molecule has 0 aliphatic heterocycles. The molecule has 5 nitrogen and oxygen atoms in total. The Morgan fingerprint density at radius 2 is 2.33 bits per heavy atom. The summed E-state index contributed by atoms with van der Waals surface area (Å²) < 4.78 is 0. The molecule has 0 radical (unpaired) electrons. The number of aromatic nitrogens is 1. The SMILES string of the molecule is Bc1cnc(O)c([N+](=O)[O-])c1C. The highest BCUT2D eigenvalue weighted by atomic mass is 16.6. The lowest BCUT2D eigenvalue weighted by molar-refractivity contribution is -0.386. The third-order valence-electron chi connectivity index (χ3n) is 1.72. The van der Waals surface area contributed by atoms with E-state index in [-0.39, 0.29) is 5.69 Å². The van der Waals surface area contributed by atoms with Gasteiger partial charge in [0.1, 0.15) is 7.85 Å². The van der Waals surface area contributed by atoms with Gasteiger partial charge in [0, 0.05) is 11.8 Å². The highest BCUT2D eigenvalue weighted by molar-refractivity contribution is 6.33. The van der Waals surface area contributed by atoms with Crippen molar-refractivity contribution in [3.8, 4) is 5.88 Å². The third kappa shape index (κ3) is 1.23. The van der Waals surface area contributed by atoms with Crippen molar-refractivity contribution >= 4 is 19.0 Å². The second-order valence-electron chi connectivity index (χ2n) is 2.50. The Bertz CT molecular complexity index is 340. The number of nitro groups is 1. The van der Waals surface area contributed by atoms with E-state index in [0.717, 1.165) is 0 Å². The zero-order valence-corrected chi connectivity index (χ0v) is 6.74. The van der Waals surface area contributed by atoms with Crippen molar-refractivity contribution in [1.82, 2.24) is 4.98 Å². The van der Waals surface area contributed by atoms with Gasteiger partial charge in [-0.1, -0.05) is 5.46 Å². The molecule has 1 N–H and O–H groups in total. The zero-order chi connectivity index (χ0) is 9.30. The fourth-order valence-electron chi connectivity index (χ4n) is 0.889. The van der Waals surface area contributed by atoms with Crippen molar-refractivity contribution in [3.05, 3.63) is 21.9 Å². The summed E-state index contributed by atoms with van der Waals surface area (Å²) in [7, 11) is 1.70. The Balaban J connectivity index is 3.43. The molecular weight excluding hydrogens is 159 g/mol. The van der Waals surface area contributed by atoms with Gasteiger partial charge in [-0.25, -0.2) is 4.98 Å². The van der Waals surface area contributed by atoms with Crippen LogP contribution in [0.3, 0.4) is 0 Å². The summed E-state index contributed by atoms with van der Waals surface area (Å²) in [6.45, 7) is 1.58. The lowest BCUT2D eigenvalue weighted by Crippen LogP contribution is -2.11. The lowest BCUT2D eigenvalue weighted by atomic mass is 9.93. The Labute approximate surface area is 69.6 Å². The fraction of sp³-hybridized carbons (Fsp3) is 0.167. The van der Waals surface area contributed by atoms with E-state index in [2.05, 4.69) is 4.98 Å². The molecule has 1 heterocycles. The van der Waals surface area contributed by atoms with E-state index in [1.807, 2.05) is 0 Å². The van der Waals surface area contributed by atoms with E-state index in [9.17, 15) is 10.1 Å². The molecule has 12 heavy (non-hydrogen) atoms. The standard InChI is InChI=1S/C6H7BN2O3/c1-3-4(7)2-8-6(10)5(3)9(11)12/h2H,7H2,1H3,(H,8,10). The molecule has 0 spiro atoms. The Kier molecular flexibility index (Phi) is 1.99. The molecule has 0 unspecified atom stereocenters. The maximum atomic E-state index is 10.4. The highest BCUT2D eigenvalue weighted by Crippen LogP contribution is 2.24. The van der Waals surface area contributed by atoms with Crippen LogP contribution in [0.15, 0.2) is 6.20 Å². The van der Waals surface area contributed by atoms with Gasteiger partial charge in [-0.05, 0) is 6.92 Å². The lowest BCUT2D eigenvalue weighted by Gasteiger charge is -2.00. The van der Waals surface area contributed by atoms with Gasteiger partial charge >= 0.3 is 5.69 Å². The monoisotopic (exact) mass is 166 g/mol. The normalized spacial score (nSPS) is 9.75. The Morgan fingerprint density at radius 3 is 2.75 bits per heavy atom. The smallest absolute Gasteiger partial charge is 0.333 e. The average Bonchev–Trinajstić information content (AvgIpc) is 1.97. The molecule has 1 aromatic heterocycles. The van der Waals surface area contributed by atoms with Gasteiger partial charge in [0.2, 0.25) is 0 Å².